The van der Waals surface area contributed by atoms with Crippen molar-refractivity contribution in [2.75, 3.05) is 52.5 Å². The van der Waals surface area contributed by atoms with E-state index in [4.69, 9.17) is 9.84 Å². The summed E-state index contributed by atoms with van der Waals surface area (Å²) in [5, 5.41) is 19.1. The Bertz CT molecular complexity index is 469. The molecule has 0 radical (unpaired) electrons. The van der Waals surface area contributed by atoms with Crippen LogP contribution in [0.5, 0.6) is 5.75 Å². The van der Waals surface area contributed by atoms with Crippen LogP contribution in [0.15, 0.2) is 18.2 Å². The Labute approximate surface area is 157 Å². The molecule has 1 atom stereocenters. The Balaban J connectivity index is 0.00000264. The number of benzene rings is 1. The third-order valence-corrected chi connectivity index (χ3v) is 4.12. The first kappa shape index (κ1) is 23.4. The van der Waals surface area contributed by atoms with Gasteiger partial charge < -0.3 is 39.8 Å². The average molecular weight is 379 g/mol. The van der Waals surface area contributed by atoms with E-state index in [2.05, 4.69) is 15.9 Å². The van der Waals surface area contributed by atoms with Crippen LogP contribution >= 0.6 is 0 Å². The van der Waals surface area contributed by atoms with Gasteiger partial charge in [0.2, 0.25) is 0 Å². The topological polar surface area (TPSA) is 56.2 Å². The molecule has 1 fully saturated rings. The van der Waals surface area contributed by atoms with Crippen molar-refractivity contribution < 1.29 is 39.8 Å². The molecule has 24 heavy (non-hydrogen) atoms. The van der Waals surface area contributed by atoms with Crippen molar-refractivity contribution in [1.82, 2.24) is 9.80 Å². The highest BCUT2D eigenvalue weighted by Gasteiger charge is 2.19. The van der Waals surface area contributed by atoms with Gasteiger partial charge in [-0.25, -0.2) is 0 Å². The van der Waals surface area contributed by atoms with Gasteiger partial charge >= 0.3 is 0 Å². The number of hydrogen-bond acceptors (Lipinski definition) is 5. The number of rotatable bonds is 7. The first-order valence-electron chi connectivity index (χ1n) is 8.02. The highest BCUT2D eigenvalue weighted by molar-refractivity contribution is 5.35. The van der Waals surface area contributed by atoms with Gasteiger partial charge in [0.15, 0.2) is 0 Å². The van der Waals surface area contributed by atoms with Gasteiger partial charge in [-0.15, -0.1) is 0 Å². The monoisotopic (exact) mass is 378 g/mol. The summed E-state index contributed by atoms with van der Waals surface area (Å²) >= 11 is 0. The number of nitrogens with zero attached hydrogens (tertiary/aromatic N) is 2. The molecule has 2 rings (SSSR count). The summed E-state index contributed by atoms with van der Waals surface area (Å²) in [6.45, 7) is 9.73. The molecule has 5 nitrogen and oxygen atoms in total. The molecule has 0 aliphatic carbocycles. The largest absolute Gasteiger partial charge is 1.00 e. The minimum atomic E-state index is -0.482. The number of aliphatic hydroxyl groups excluding tert-OH is 2. The second-order valence-electron chi connectivity index (χ2n) is 6.10. The van der Waals surface area contributed by atoms with Gasteiger partial charge in [0.25, 0.3) is 0 Å². The van der Waals surface area contributed by atoms with Crippen LogP contribution in [-0.2, 0) is 0 Å². The third-order valence-electron chi connectivity index (χ3n) is 4.12. The Morgan fingerprint density at radius 3 is 2.33 bits per heavy atom. The van der Waals surface area contributed by atoms with Crippen molar-refractivity contribution in [2.45, 2.75) is 20.0 Å². The molecule has 0 saturated carbocycles. The predicted octanol–water partition coefficient (Wildman–Crippen LogP) is -5.34. The van der Waals surface area contributed by atoms with Crippen LogP contribution in [0.4, 0.5) is 0 Å². The fourth-order valence-corrected chi connectivity index (χ4v) is 2.74. The Kier molecular flexibility index (Phi) is 11.6. The normalized spacial score (nSPS) is 16.8. The van der Waals surface area contributed by atoms with E-state index < -0.39 is 6.10 Å². The number of aliphatic hydroxyl groups is 2. The van der Waals surface area contributed by atoms with Crippen LogP contribution in [0.1, 0.15) is 11.1 Å². The number of halogens is 2. The van der Waals surface area contributed by atoms with E-state index >= 15 is 0 Å². The van der Waals surface area contributed by atoms with Crippen LogP contribution < -0.4 is 29.6 Å². The van der Waals surface area contributed by atoms with E-state index in [0.717, 1.165) is 49.6 Å². The predicted molar refractivity (Wildman–Crippen MR) is 87.4 cm³/mol. The van der Waals surface area contributed by atoms with E-state index in [1.165, 1.54) is 0 Å². The van der Waals surface area contributed by atoms with Crippen molar-refractivity contribution >= 4 is 0 Å². The highest BCUT2D eigenvalue weighted by atomic mass is 35.5. The molecule has 1 aliphatic heterocycles. The number of hydrogen-bond donors (Lipinski definition) is 2. The standard InChI is InChI=1S/C17H28N2O3.2ClH/c1-14-3-4-15(2)17(11-14)22-13-16(21)12-19-7-5-18(6-8-19)9-10-20;;/h3-4,11,16,20-21H,5-10,12-13H2,1-2H3;2*1H/p-2. The summed E-state index contributed by atoms with van der Waals surface area (Å²) in [7, 11) is 0. The first-order chi connectivity index (χ1) is 10.6. The van der Waals surface area contributed by atoms with Crippen LogP contribution in [0, 0.1) is 13.8 Å². The zero-order valence-corrected chi connectivity index (χ0v) is 15.9. The molecule has 1 saturated heterocycles. The number of ether oxygens (including phenoxy) is 1. The second-order valence-corrected chi connectivity index (χ2v) is 6.10. The van der Waals surface area contributed by atoms with Crippen molar-refractivity contribution in [3.63, 3.8) is 0 Å². The van der Waals surface area contributed by atoms with Gasteiger partial charge in [-0.3, -0.25) is 9.80 Å². The molecular weight excluding hydrogens is 351 g/mol. The smallest absolute Gasteiger partial charge is 0.122 e. The van der Waals surface area contributed by atoms with Gasteiger partial charge in [0, 0.05) is 39.3 Å². The molecule has 0 bridgehead atoms. The van der Waals surface area contributed by atoms with Gasteiger partial charge in [-0.05, 0) is 31.0 Å². The minimum absolute atomic E-state index is 0. The lowest BCUT2D eigenvalue weighted by Gasteiger charge is -2.35. The van der Waals surface area contributed by atoms with Crippen LogP contribution in [0.3, 0.4) is 0 Å². The summed E-state index contributed by atoms with van der Waals surface area (Å²) in [6, 6.07) is 6.11. The number of aryl methyl sites for hydroxylation is 2. The fraction of sp³-hybridized carbons (Fsp3) is 0.647. The third kappa shape index (κ3) is 7.55. The maximum atomic E-state index is 10.2. The Morgan fingerprint density at radius 2 is 1.71 bits per heavy atom. The van der Waals surface area contributed by atoms with E-state index in [1.54, 1.807) is 0 Å². The zero-order valence-electron chi connectivity index (χ0n) is 14.4. The molecule has 1 aliphatic rings. The van der Waals surface area contributed by atoms with Crippen LogP contribution in [0.25, 0.3) is 0 Å². The lowest BCUT2D eigenvalue weighted by atomic mass is 10.1. The maximum absolute atomic E-state index is 10.2. The first-order valence-corrected chi connectivity index (χ1v) is 8.02. The molecule has 0 aromatic heterocycles. The fourth-order valence-electron chi connectivity index (χ4n) is 2.74. The van der Waals surface area contributed by atoms with Gasteiger partial charge in [-0.2, -0.15) is 0 Å². The van der Waals surface area contributed by atoms with E-state index in [0.29, 0.717) is 13.2 Å². The van der Waals surface area contributed by atoms with Crippen LogP contribution in [-0.4, -0.2) is 78.6 Å². The molecule has 0 amide bonds. The molecular formula is C17H28Cl2N2O3-2. The van der Waals surface area contributed by atoms with E-state index in [-0.39, 0.29) is 31.4 Å². The molecule has 1 unspecified atom stereocenters. The van der Waals surface area contributed by atoms with E-state index in [1.807, 2.05) is 26.0 Å². The summed E-state index contributed by atoms with van der Waals surface area (Å²) in [5.74, 6) is 0.854. The van der Waals surface area contributed by atoms with Gasteiger partial charge in [-0.1, -0.05) is 12.1 Å². The lowest BCUT2D eigenvalue weighted by molar-refractivity contribution is -0.00100. The summed E-state index contributed by atoms with van der Waals surface area (Å²) < 4.78 is 5.76. The molecule has 1 heterocycles. The lowest BCUT2D eigenvalue weighted by Crippen LogP contribution is -3.00. The molecule has 7 heteroatoms. The van der Waals surface area contributed by atoms with Crippen molar-refractivity contribution in [3.05, 3.63) is 29.3 Å². The minimum Gasteiger partial charge on any atom is -1.00 e. The molecule has 1 aromatic carbocycles. The SMILES string of the molecule is Cc1ccc(C)c(OCC(O)CN2CCN(CCO)CC2)c1.[Cl-].[Cl-]. The van der Waals surface area contributed by atoms with E-state index in [9.17, 15) is 5.11 Å². The Hall–Kier alpha value is -0.560. The van der Waals surface area contributed by atoms with Crippen molar-refractivity contribution in [3.8, 4) is 5.75 Å². The average Bonchev–Trinajstić information content (AvgIpc) is 2.50. The summed E-state index contributed by atoms with van der Waals surface area (Å²) in [6.07, 6.45) is -0.482. The summed E-state index contributed by atoms with van der Waals surface area (Å²) in [4.78, 5) is 4.50. The van der Waals surface area contributed by atoms with Gasteiger partial charge in [0.1, 0.15) is 18.5 Å². The summed E-state index contributed by atoms with van der Waals surface area (Å²) in [5.41, 5.74) is 2.26. The maximum Gasteiger partial charge on any atom is 0.122 e. The quantitative estimate of drug-likeness (QED) is 0.496. The number of β-amino-alcohol motifs (C(OH)–C–C–N with tert-alkyl or cyclic N) is 2. The molecule has 1 aromatic rings. The van der Waals surface area contributed by atoms with Crippen molar-refractivity contribution in [2.24, 2.45) is 0 Å². The number of piperazine rings is 1. The Morgan fingerprint density at radius 1 is 1.08 bits per heavy atom. The zero-order chi connectivity index (χ0) is 15.9. The molecule has 140 valence electrons. The van der Waals surface area contributed by atoms with Gasteiger partial charge in [0.05, 0.1) is 6.61 Å². The highest BCUT2D eigenvalue weighted by Crippen LogP contribution is 2.19. The van der Waals surface area contributed by atoms with Crippen molar-refractivity contribution in [1.29, 1.82) is 0 Å². The molecule has 0 spiro atoms. The van der Waals surface area contributed by atoms with Crippen LogP contribution in [0.2, 0.25) is 0 Å². The molecule has 2 N–H and O–H groups in total. The second kappa shape index (κ2) is 11.9.